The average molecular weight is 107 g/mol. The van der Waals surface area contributed by atoms with Crippen LogP contribution >= 0.6 is 0 Å². The van der Waals surface area contributed by atoms with E-state index in [1.807, 2.05) is 0 Å². The fourth-order valence-electron chi connectivity index (χ4n) is 0. The topological polar surface area (TPSA) is 20.2 Å². The number of aliphatic hydroxyl groups excluding tert-OH is 1. The van der Waals surface area contributed by atoms with Crippen LogP contribution in [0.1, 0.15) is 0 Å². The van der Waals surface area contributed by atoms with Crippen molar-refractivity contribution in [2.24, 2.45) is 0 Å². The predicted octanol–water partition coefficient (Wildman–Crippen LogP) is 0.160. The Kier molecular flexibility index (Phi) is 4.97. The Morgan fingerprint density at radius 3 is 1.43 bits per heavy atom. The molecule has 5 heteroatoms. The van der Waals surface area contributed by atoms with Crippen molar-refractivity contribution in [3.05, 3.63) is 0 Å². The van der Waals surface area contributed by atoms with E-state index < -0.39 is 12.8 Å². The molecule has 0 aromatic carbocycles. The molecule has 0 saturated heterocycles. The van der Waals surface area contributed by atoms with E-state index in [1.165, 1.54) is 0 Å². The van der Waals surface area contributed by atoms with Crippen molar-refractivity contribution in [3.8, 4) is 0 Å². The standard InChI is InChI=1S/C2H3F3O.Li/c3-2(4,5)1-6;/h6H,1H2;. The van der Waals surface area contributed by atoms with Crippen molar-refractivity contribution < 1.29 is 18.3 Å². The second-order valence-corrected chi connectivity index (χ2v) is 0.773. The van der Waals surface area contributed by atoms with E-state index in [1.54, 1.807) is 0 Å². The van der Waals surface area contributed by atoms with E-state index in [0.29, 0.717) is 0 Å². The first-order chi connectivity index (χ1) is 2.56. The molecule has 0 atom stereocenters. The number of rotatable bonds is 0. The first kappa shape index (κ1) is 10.4. The molecule has 0 aromatic heterocycles. The Labute approximate surface area is 50.7 Å². The summed E-state index contributed by atoms with van der Waals surface area (Å²) in [6.45, 7) is -1.73. The Morgan fingerprint density at radius 2 is 1.43 bits per heavy atom. The van der Waals surface area contributed by atoms with Gasteiger partial charge in [-0.15, -0.1) is 0 Å². The maximum absolute atomic E-state index is 10.5. The van der Waals surface area contributed by atoms with Crippen LogP contribution in [0.25, 0.3) is 0 Å². The summed E-state index contributed by atoms with van der Waals surface area (Å²) in [5.41, 5.74) is 0. The predicted molar refractivity (Wildman–Crippen MR) is 18.9 cm³/mol. The normalized spacial score (nSPS) is 10.3. The molecule has 0 aliphatic rings. The maximum atomic E-state index is 10.5. The molecular formula is C2H3F3LiO. The summed E-state index contributed by atoms with van der Waals surface area (Å²) in [5, 5.41) is 7.28. The smallest absolute Gasteiger partial charge is 0.387 e. The van der Waals surface area contributed by atoms with Crippen LogP contribution < -0.4 is 0 Å². The van der Waals surface area contributed by atoms with Crippen LogP contribution in [-0.2, 0) is 0 Å². The summed E-state index contributed by atoms with van der Waals surface area (Å²) < 4.78 is 31.6. The van der Waals surface area contributed by atoms with Gasteiger partial charge in [0.25, 0.3) is 0 Å². The Morgan fingerprint density at radius 1 is 1.29 bits per heavy atom. The van der Waals surface area contributed by atoms with Crippen LogP contribution in [0.4, 0.5) is 13.2 Å². The third-order valence-corrected chi connectivity index (χ3v) is 0.179. The maximum Gasteiger partial charge on any atom is 0.411 e. The molecule has 0 amide bonds. The van der Waals surface area contributed by atoms with Gasteiger partial charge in [0.15, 0.2) is 0 Å². The van der Waals surface area contributed by atoms with Crippen LogP contribution in [0.2, 0.25) is 0 Å². The van der Waals surface area contributed by atoms with Crippen molar-refractivity contribution in [3.63, 3.8) is 0 Å². The van der Waals surface area contributed by atoms with Crippen LogP contribution in [0, 0.1) is 0 Å². The van der Waals surface area contributed by atoms with Gasteiger partial charge in [-0.25, -0.2) is 0 Å². The average Bonchev–Trinajstić information content (AvgIpc) is 1.35. The summed E-state index contributed by atoms with van der Waals surface area (Å²) in [6, 6.07) is 0. The van der Waals surface area contributed by atoms with Gasteiger partial charge in [-0.2, -0.15) is 13.2 Å². The van der Waals surface area contributed by atoms with Gasteiger partial charge in [0.2, 0.25) is 0 Å². The molecule has 1 N–H and O–H groups in total. The molecule has 0 bridgehead atoms. The van der Waals surface area contributed by atoms with Crippen molar-refractivity contribution in [1.29, 1.82) is 0 Å². The van der Waals surface area contributed by atoms with Gasteiger partial charge in [0.05, 0.1) is 0 Å². The minimum Gasteiger partial charge on any atom is -0.387 e. The zero-order valence-electron chi connectivity index (χ0n) is 3.79. The first-order valence-electron chi connectivity index (χ1n) is 1.24. The number of hydrogen-bond acceptors (Lipinski definition) is 1. The molecular weight excluding hydrogens is 104 g/mol. The monoisotopic (exact) mass is 107 g/mol. The number of halogens is 3. The fraction of sp³-hybridized carbons (Fsp3) is 1.00. The van der Waals surface area contributed by atoms with Crippen LogP contribution in [0.15, 0.2) is 0 Å². The Balaban J connectivity index is 0. The first-order valence-corrected chi connectivity index (χ1v) is 1.24. The van der Waals surface area contributed by atoms with Gasteiger partial charge in [-0.05, 0) is 0 Å². The molecule has 0 spiro atoms. The second-order valence-electron chi connectivity index (χ2n) is 0.773. The molecule has 7 heavy (non-hydrogen) atoms. The zero-order valence-corrected chi connectivity index (χ0v) is 3.79. The van der Waals surface area contributed by atoms with Gasteiger partial charge >= 0.3 is 6.18 Å². The Hall–Kier alpha value is 0.347. The molecule has 1 nitrogen and oxygen atoms in total. The van der Waals surface area contributed by atoms with E-state index in [9.17, 15) is 13.2 Å². The van der Waals surface area contributed by atoms with Crippen molar-refractivity contribution in [1.82, 2.24) is 0 Å². The van der Waals surface area contributed by atoms with Crippen LogP contribution in [0.3, 0.4) is 0 Å². The number of hydrogen-bond donors (Lipinski definition) is 1. The minimum absolute atomic E-state index is 0. The molecule has 0 unspecified atom stereocenters. The molecule has 39 valence electrons. The van der Waals surface area contributed by atoms with E-state index in [2.05, 4.69) is 0 Å². The van der Waals surface area contributed by atoms with Crippen molar-refractivity contribution in [2.75, 3.05) is 6.61 Å². The van der Waals surface area contributed by atoms with E-state index >= 15 is 0 Å². The third-order valence-electron chi connectivity index (χ3n) is 0.179. The molecule has 0 heterocycles. The van der Waals surface area contributed by atoms with Gasteiger partial charge in [0.1, 0.15) is 6.61 Å². The number of alkyl halides is 3. The van der Waals surface area contributed by atoms with Crippen LogP contribution in [0.5, 0.6) is 0 Å². The van der Waals surface area contributed by atoms with Crippen molar-refractivity contribution >= 4 is 18.9 Å². The van der Waals surface area contributed by atoms with Gasteiger partial charge in [-0.3, -0.25) is 0 Å². The van der Waals surface area contributed by atoms with E-state index in [4.69, 9.17) is 5.11 Å². The molecule has 1 radical (unpaired) electrons. The quantitative estimate of drug-likeness (QED) is 0.437. The summed E-state index contributed by atoms with van der Waals surface area (Å²) >= 11 is 0. The summed E-state index contributed by atoms with van der Waals surface area (Å²) in [6.07, 6.45) is -4.40. The molecule has 0 fully saturated rings. The summed E-state index contributed by atoms with van der Waals surface area (Å²) in [4.78, 5) is 0. The van der Waals surface area contributed by atoms with Crippen LogP contribution in [-0.4, -0.2) is 36.8 Å². The summed E-state index contributed by atoms with van der Waals surface area (Å²) in [5.74, 6) is 0. The fourth-order valence-corrected chi connectivity index (χ4v) is 0. The van der Waals surface area contributed by atoms with Crippen molar-refractivity contribution in [2.45, 2.75) is 6.18 Å². The minimum atomic E-state index is -4.40. The molecule has 0 rings (SSSR count). The molecule has 0 aliphatic heterocycles. The third kappa shape index (κ3) is 10.7. The largest absolute Gasteiger partial charge is 0.411 e. The molecule has 0 saturated carbocycles. The molecule has 0 aromatic rings. The van der Waals surface area contributed by atoms with Gasteiger partial charge in [-0.1, -0.05) is 0 Å². The van der Waals surface area contributed by atoms with Gasteiger partial charge in [0, 0.05) is 18.9 Å². The number of aliphatic hydroxyl groups is 1. The SMILES string of the molecule is OCC(F)(F)F.[Li]. The summed E-state index contributed by atoms with van der Waals surface area (Å²) in [7, 11) is 0. The Bertz CT molecular complexity index is 42.7. The van der Waals surface area contributed by atoms with Gasteiger partial charge < -0.3 is 5.11 Å². The van der Waals surface area contributed by atoms with E-state index in [-0.39, 0.29) is 18.9 Å². The zero-order chi connectivity index (χ0) is 5.21. The molecule has 0 aliphatic carbocycles. The second kappa shape index (κ2) is 3.36. The van der Waals surface area contributed by atoms with E-state index in [0.717, 1.165) is 0 Å².